The number of esters is 2. The third kappa shape index (κ3) is 6.12. The van der Waals surface area contributed by atoms with Gasteiger partial charge in [0.1, 0.15) is 17.3 Å². The first kappa shape index (κ1) is 32.7. The molecule has 0 aromatic carbocycles. The number of nitrogens with two attached hydrogens (primary N) is 1. The fourth-order valence-electron chi connectivity index (χ4n) is 9.35. The molecular formula is C35H53N3O7. The van der Waals surface area contributed by atoms with Crippen molar-refractivity contribution < 1.29 is 33.7 Å². The first-order valence-electron chi connectivity index (χ1n) is 17.4. The van der Waals surface area contributed by atoms with E-state index >= 15 is 0 Å². The molecule has 4 saturated heterocycles. The Morgan fingerprint density at radius 1 is 1.20 bits per heavy atom. The van der Waals surface area contributed by atoms with E-state index in [4.69, 9.17) is 19.9 Å². The highest BCUT2D eigenvalue weighted by atomic mass is 16.6. The Labute approximate surface area is 267 Å². The zero-order chi connectivity index (χ0) is 31.9. The van der Waals surface area contributed by atoms with Crippen LogP contribution in [0.15, 0.2) is 23.8 Å². The number of hydrogen-bond donors (Lipinski definition) is 3. The Morgan fingerprint density at radius 3 is 2.71 bits per heavy atom. The van der Waals surface area contributed by atoms with Crippen LogP contribution in [0.3, 0.4) is 0 Å². The van der Waals surface area contributed by atoms with Crippen LogP contribution in [0.25, 0.3) is 0 Å². The molecule has 11 unspecified atom stereocenters. The maximum atomic E-state index is 13.4. The van der Waals surface area contributed by atoms with E-state index < -0.39 is 11.2 Å². The number of allylic oxidation sites excluding steroid dienone is 1. The van der Waals surface area contributed by atoms with Crippen LogP contribution in [0.1, 0.15) is 85.0 Å². The molecule has 1 saturated carbocycles. The first-order valence-corrected chi connectivity index (χ1v) is 17.4. The van der Waals surface area contributed by atoms with E-state index in [0.29, 0.717) is 50.6 Å². The summed E-state index contributed by atoms with van der Waals surface area (Å²) in [5, 5.41) is 12.8. The van der Waals surface area contributed by atoms with Crippen LogP contribution in [-0.4, -0.2) is 83.7 Å². The molecule has 45 heavy (non-hydrogen) atoms. The highest BCUT2D eigenvalue weighted by molar-refractivity contribution is 5.88. The van der Waals surface area contributed by atoms with Crippen LogP contribution in [0.4, 0.5) is 0 Å². The maximum Gasteiger partial charge on any atom is 0.334 e. The number of amides is 1. The lowest BCUT2D eigenvalue weighted by Gasteiger charge is -2.55. The minimum Gasteiger partial charge on any atom is -0.462 e. The van der Waals surface area contributed by atoms with Crippen LogP contribution in [-0.2, 0) is 28.6 Å². The minimum absolute atomic E-state index is 0.0620. The Morgan fingerprint density at radius 2 is 2.00 bits per heavy atom. The number of nitrogens with zero attached hydrogens (tertiary/aromatic N) is 1. The van der Waals surface area contributed by atoms with Crippen LogP contribution >= 0.6 is 0 Å². The van der Waals surface area contributed by atoms with Crippen LogP contribution in [0.2, 0.25) is 0 Å². The molecule has 0 aromatic heterocycles. The number of rotatable bonds is 8. The number of aliphatic hydroxyl groups excluding tert-OH is 1. The summed E-state index contributed by atoms with van der Waals surface area (Å²) >= 11 is 0. The number of nitrogens with one attached hydrogen (secondary N) is 1. The monoisotopic (exact) mass is 627 g/mol. The number of piperidine rings is 1. The summed E-state index contributed by atoms with van der Waals surface area (Å²) in [7, 11) is 0. The largest absolute Gasteiger partial charge is 0.462 e. The van der Waals surface area contributed by atoms with E-state index in [2.05, 4.69) is 17.5 Å². The summed E-state index contributed by atoms with van der Waals surface area (Å²) in [5.74, 6) is 0.0281. The molecule has 1 spiro atoms. The minimum atomic E-state index is -0.933. The van der Waals surface area contributed by atoms with Crippen molar-refractivity contribution >= 4 is 17.8 Å². The van der Waals surface area contributed by atoms with Gasteiger partial charge in [-0.3, -0.25) is 9.59 Å². The number of aliphatic hydroxyl groups is 1. The van der Waals surface area contributed by atoms with Gasteiger partial charge in [-0.1, -0.05) is 18.2 Å². The Bertz CT molecular complexity index is 1200. The predicted octanol–water partition coefficient (Wildman–Crippen LogP) is 3.22. The molecule has 0 bridgehead atoms. The topological polar surface area (TPSA) is 140 Å². The Balaban J connectivity index is 1.32. The lowest BCUT2D eigenvalue weighted by Crippen LogP contribution is -2.64. The quantitative estimate of drug-likeness (QED) is 0.210. The zero-order valence-corrected chi connectivity index (χ0v) is 27.2. The first-order chi connectivity index (χ1) is 21.6. The third-order valence-corrected chi connectivity index (χ3v) is 12.2. The summed E-state index contributed by atoms with van der Waals surface area (Å²) < 4.78 is 19.8. The van der Waals surface area contributed by atoms with E-state index in [9.17, 15) is 19.5 Å². The predicted molar refractivity (Wildman–Crippen MR) is 167 cm³/mol. The lowest BCUT2D eigenvalue weighted by molar-refractivity contribution is -0.228. The van der Waals surface area contributed by atoms with Gasteiger partial charge < -0.3 is 35.3 Å². The van der Waals surface area contributed by atoms with Gasteiger partial charge in [0.05, 0.1) is 18.2 Å². The second-order valence-corrected chi connectivity index (χ2v) is 14.9. The highest BCUT2D eigenvalue weighted by Gasteiger charge is 2.66. The van der Waals surface area contributed by atoms with E-state index in [1.165, 1.54) is 0 Å². The van der Waals surface area contributed by atoms with Crippen molar-refractivity contribution in [3.05, 3.63) is 23.8 Å². The van der Waals surface area contributed by atoms with Gasteiger partial charge in [0, 0.05) is 57.0 Å². The van der Waals surface area contributed by atoms with Crippen LogP contribution in [0.5, 0.6) is 0 Å². The van der Waals surface area contributed by atoms with Crippen molar-refractivity contribution in [1.29, 1.82) is 0 Å². The summed E-state index contributed by atoms with van der Waals surface area (Å²) in [6.07, 6.45) is 12.7. The molecule has 4 N–H and O–H groups in total. The second-order valence-electron chi connectivity index (χ2n) is 14.9. The summed E-state index contributed by atoms with van der Waals surface area (Å²) in [5.41, 5.74) is 5.36. The van der Waals surface area contributed by atoms with Gasteiger partial charge in [-0.05, 0) is 89.4 Å². The SMILES string of the molecule is CC=C(C)C(=O)OC1(C)CC=CC(C2CC(N)NCC2CC(=O)N2CCC2)C12CC1CC3CC(CCCO)C(=O)OC3CC1O2. The van der Waals surface area contributed by atoms with Crippen LogP contribution < -0.4 is 11.1 Å². The molecule has 4 heterocycles. The zero-order valence-electron chi connectivity index (χ0n) is 27.2. The van der Waals surface area contributed by atoms with Crippen LogP contribution in [0, 0.1) is 35.5 Å². The molecule has 6 aliphatic rings. The van der Waals surface area contributed by atoms with E-state index in [1.54, 1.807) is 13.0 Å². The van der Waals surface area contributed by atoms with Crippen molar-refractivity contribution in [2.24, 2.45) is 41.2 Å². The molecule has 0 aromatic rings. The highest BCUT2D eigenvalue weighted by Crippen LogP contribution is 2.60. The molecule has 1 amide bonds. The normalized spacial score (nSPS) is 42.9. The number of ether oxygens (including phenoxy) is 3. The fourth-order valence-corrected chi connectivity index (χ4v) is 9.35. The van der Waals surface area contributed by atoms with E-state index in [-0.39, 0.29) is 78.3 Å². The molecule has 10 nitrogen and oxygen atoms in total. The fraction of sp³-hybridized carbons (Fsp3) is 0.800. The molecule has 11 atom stereocenters. The Hall–Kier alpha value is -2.27. The van der Waals surface area contributed by atoms with E-state index in [0.717, 1.165) is 38.8 Å². The average Bonchev–Trinajstić information content (AvgIpc) is 3.35. The number of carbonyl (C=O) groups is 3. The van der Waals surface area contributed by atoms with Crippen molar-refractivity contribution in [2.45, 2.75) is 115 Å². The van der Waals surface area contributed by atoms with Crippen molar-refractivity contribution in [3.63, 3.8) is 0 Å². The van der Waals surface area contributed by atoms with Crippen molar-refractivity contribution in [1.82, 2.24) is 10.2 Å². The Kier molecular flexibility index (Phi) is 9.50. The summed E-state index contributed by atoms with van der Waals surface area (Å²) in [6.45, 7) is 8.03. The molecule has 10 heteroatoms. The number of carbonyl (C=O) groups excluding carboxylic acids is 3. The molecule has 6 rings (SSSR count). The lowest BCUT2D eigenvalue weighted by atomic mass is 9.58. The van der Waals surface area contributed by atoms with Crippen molar-refractivity contribution in [2.75, 3.05) is 26.2 Å². The van der Waals surface area contributed by atoms with Crippen molar-refractivity contribution in [3.8, 4) is 0 Å². The van der Waals surface area contributed by atoms with Gasteiger partial charge in [-0.15, -0.1) is 0 Å². The van der Waals surface area contributed by atoms with E-state index in [1.807, 2.05) is 18.7 Å². The number of hydrogen-bond acceptors (Lipinski definition) is 9. The van der Waals surface area contributed by atoms with Gasteiger partial charge in [-0.2, -0.15) is 0 Å². The molecule has 5 fully saturated rings. The third-order valence-electron chi connectivity index (χ3n) is 12.2. The van der Waals surface area contributed by atoms with Gasteiger partial charge >= 0.3 is 11.9 Å². The van der Waals surface area contributed by atoms with Gasteiger partial charge in [0.15, 0.2) is 0 Å². The maximum absolute atomic E-state index is 13.4. The molecule has 0 radical (unpaired) electrons. The smallest absolute Gasteiger partial charge is 0.334 e. The average molecular weight is 628 g/mol. The number of fused-ring (bicyclic) bond motifs is 2. The second kappa shape index (κ2) is 13.1. The van der Waals surface area contributed by atoms with Gasteiger partial charge in [0.25, 0.3) is 0 Å². The van der Waals surface area contributed by atoms with Gasteiger partial charge in [0.2, 0.25) is 5.91 Å². The summed E-state index contributed by atoms with van der Waals surface area (Å²) in [4.78, 5) is 41.5. The molecule has 2 aliphatic carbocycles. The molecule has 250 valence electrons. The summed E-state index contributed by atoms with van der Waals surface area (Å²) in [6, 6.07) is 0. The standard InChI is InChI=1S/C35H53N3O7/c1-4-21(2)32(41)45-34(3)10-5-9-27(26-17-30(36)37-20-25(26)16-31(40)38-11-7-12-38)35(34)19-24-15-23-14-22(8-6-13-39)33(42)43-28(23)18-29(24)44-35/h4-5,9,22-30,37,39H,6-8,10-20,36H2,1-3H3. The number of likely N-dealkylation sites (tertiary alicyclic amines) is 1. The van der Waals surface area contributed by atoms with Gasteiger partial charge in [-0.25, -0.2) is 4.79 Å². The molecular weight excluding hydrogens is 574 g/mol. The molecule has 4 aliphatic heterocycles.